The summed E-state index contributed by atoms with van der Waals surface area (Å²) in [6.07, 6.45) is 0. The Kier molecular flexibility index (Phi) is 3.11. The molecule has 0 aromatic heterocycles. The molecule has 0 N–H and O–H groups in total. The molecule has 0 aliphatic rings. The fourth-order valence-electron chi connectivity index (χ4n) is 1.45. The van der Waals surface area contributed by atoms with E-state index in [1.54, 1.807) is 0 Å². The average Bonchev–Trinajstić information content (AvgIpc) is 2.04. The van der Waals surface area contributed by atoms with Crippen molar-refractivity contribution in [2.24, 2.45) is 5.92 Å². The first-order valence-electron chi connectivity index (χ1n) is 4.62. The monoisotopic (exact) mass is 172 g/mol. The second-order valence-electron chi connectivity index (χ2n) is 3.61. The molecule has 1 aromatic carbocycles. The van der Waals surface area contributed by atoms with Crippen LogP contribution in [0.25, 0.3) is 5.57 Å². The van der Waals surface area contributed by atoms with E-state index in [1.165, 1.54) is 16.7 Å². The van der Waals surface area contributed by atoms with Gasteiger partial charge in [0.05, 0.1) is 0 Å². The Bertz CT molecular complexity index is 339. The summed E-state index contributed by atoms with van der Waals surface area (Å²) in [4.78, 5) is 0. The zero-order chi connectivity index (χ0) is 9.84. The molecule has 0 aliphatic heterocycles. The van der Waals surface area contributed by atoms with E-state index in [0.717, 1.165) is 0 Å². The van der Waals surface area contributed by atoms with E-state index in [9.17, 15) is 0 Å². The Labute approximate surface area is 80.6 Å². The molecular weight excluding hydrogens is 156 g/mol. The number of hydrogen-bond acceptors (Lipinski definition) is 0. The van der Waals surface area contributed by atoms with Gasteiger partial charge in [-0.25, -0.2) is 0 Å². The fourth-order valence-corrected chi connectivity index (χ4v) is 1.45. The standard InChI is InChI=1S/C13H16/c1-5-13(10(2)3)12-8-6-7-11(4)9-12/h6-10H,1H2,2-4H3. The highest BCUT2D eigenvalue weighted by Gasteiger charge is 2.04. The van der Waals surface area contributed by atoms with Crippen molar-refractivity contribution in [1.29, 1.82) is 0 Å². The van der Waals surface area contributed by atoms with Gasteiger partial charge in [0.15, 0.2) is 0 Å². The summed E-state index contributed by atoms with van der Waals surface area (Å²) in [6, 6.07) is 8.46. The molecule has 0 nitrogen and oxygen atoms in total. The minimum Gasteiger partial charge on any atom is -0.124 e. The second kappa shape index (κ2) is 4.11. The van der Waals surface area contributed by atoms with Crippen LogP contribution in [-0.2, 0) is 0 Å². The largest absolute Gasteiger partial charge is 0.124 e. The third kappa shape index (κ3) is 2.34. The highest BCUT2D eigenvalue weighted by molar-refractivity contribution is 5.66. The molecule has 1 aromatic rings. The highest BCUT2D eigenvalue weighted by atomic mass is 14.1. The van der Waals surface area contributed by atoms with Crippen LogP contribution in [0.15, 0.2) is 36.6 Å². The summed E-state index contributed by atoms with van der Waals surface area (Å²) in [6.45, 7) is 10.2. The number of hydrogen-bond donors (Lipinski definition) is 0. The van der Waals surface area contributed by atoms with Crippen LogP contribution in [0, 0.1) is 12.8 Å². The van der Waals surface area contributed by atoms with E-state index in [4.69, 9.17) is 0 Å². The van der Waals surface area contributed by atoms with Gasteiger partial charge in [0, 0.05) is 5.57 Å². The molecule has 0 fully saturated rings. The summed E-state index contributed by atoms with van der Waals surface area (Å²) in [5.41, 5.74) is 6.73. The summed E-state index contributed by atoms with van der Waals surface area (Å²) in [5.74, 6) is 0.485. The third-order valence-electron chi connectivity index (χ3n) is 2.10. The van der Waals surface area contributed by atoms with Crippen molar-refractivity contribution in [2.75, 3.05) is 0 Å². The molecule has 0 heterocycles. The lowest BCUT2D eigenvalue weighted by Gasteiger charge is -2.09. The predicted molar refractivity (Wildman–Crippen MR) is 58.6 cm³/mol. The van der Waals surface area contributed by atoms with Gasteiger partial charge in [-0.3, -0.25) is 0 Å². The molecule has 0 radical (unpaired) electrons. The Morgan fingerprint density at radius 1 is 1.38 bits per heavy atom. The molecule has 0 unspecified atom stereocenters. The molecule has 0 heteroatoms. The number of aryl methyl sites for hydroxylation is 1. The minimum atomic E-state index is 0.485. The smallest absolute Gasteiger partial charge is 0.00314 e. The van der Waals surface area contributed by atoms with Crippen molar-refractivity contribution in [1.82, 2.24) is 0 Å². The fraction of sp³-hybridized carbons (Fsp3) is 0.308. The van der Waals surface area contributed by atoms with Gasteiger partial charge in [-0.15, -0.1) is 5.73 Å². The van der Waals surface area contributed by atoms with E-state index in [1.807, 2.05) is 0 Å². The Balaban J connectivity index is 3.14. The highest BCUT2D eigenvalue weighted by Crippen LogP contribution is 2.21. The lowest BCUT2D eigenvalue weighted by molar-refractivity contribution is 0.856. The van der Waals surface area contributed by atoms with Crippen molar-refractivity contribution < 1.29 is 0 Å². The first-order valence-corrected chi connectivity index (χ1v) is 4.62. The van der Waals surface area contributed by atoms with Gasteiger partial charge in [-0.05, 0) is 18.4 Å². The maximum atomic E-state index is 3.73. The van der Waals surface area contributed by atoms with Crippen LogP contribution >= 0.6 is 0 Å². The molecule has 1 rings (SSSR count). The van der Waals surface area contributed by atoms with Gasteiger partial charge >= 0.3 is 0 Å². The van der Waals surface area contributed by atoms with E-state index in [0.29, 0.717) is 5.92 Å². The van der Waals surface area contributed by atoms with Crippen molar-refractivity contribution in [3.8, 4) is 0 Å². The second-order valence-corrected chi connectivity index (χ2v) is 3.61. The molecule has 0 saturated heterocycles. The maximum absolute atomic E-state index is 3.73. The van der Waals surface area contributed by atoms with Crippen molar-refractivity contribution in [2.45, 2.75) is 20.8 Å². The van der Waals surface area contributed by atoms with Crippen LogP contribution < -0.4 is 0 Å². The number of benzene rings is 1. The molecule has 0 amide bonds. The zero-order valence-corrected chi connectivity index (χ0v) is 8.59. The van der Waals surface area contributed by atoms with Crippen LogP contribution in [0.1, 0.15) is 25.0 Å². The van der Waals surface area contributed by atoms with Gasteiger partial charge < -0.3 is 0 Å². The molecule has 0 aliphatic carbocycles. The minimum absolute atomic E-state index is 0.485. The topological polar surface area (TPSA) is 0 Å². The summed E-state index contributed by atoms with van der Waals surface area (Å²) in [5, 5.41) is 0. The van der Waals surface area contributed by atoms with E-state index >= 15 is 0 Å². The molecule has 68 valence electrons. The van der Waals surface area contributed by atoms with E-state index in [-0.39, 0.29) is 0 Å². The van der Waals surface area contributed by atoms with Crippen LogP contribution in [0.4, 0.5) is 0 Å². The normalized spacial score (nSPS) is 9.85. The average molecular weight is 172 g/mol. The van der Waals surface area contributed by atoms with Crippen LogP contribution in [0.3, 0.4) is 0 Å². The third-order valence-corrected chi connectivity index (χ3v) is 2.10. The number of allylic oxidation sites excluding steroid dienone is 1. The quantitative estimate of drug-likeness (QED) is 0.595. The first kappa shape index (κ1) is 9.83. The molecule has 0 spiro atoms. The van der Waals surface area contributed by atoms with Gasteiger partial charge in [0.2, 0.25) is 0 Å². The van der Waals surface area contributed by atoms with Gasteiger partial charge in [-0.2, -0.15) is 0 Å². The van der Waals surface area contributed by atoms with Crippen LogP contribution in [0.2, 0.25) is 0 Å². The molecule has 13 heavy (non-hydrogen) atoms. The Morgan fingerprint density at radius 2 is 2.08 bits per heavy atom. The van der Waals surface area contributed by atoms with Crippen LogP contribution in [-0.4, -0.2) is 0 Å². The van der Waals surface area contributed by atoms with Crippen LogP contribution in [0.5, 0.6) is 0 Å². The van der Waals surface area contributed by atoms with Gasteiger partial charge in [0.1, 0.15) is 0 Å². The summed E-state index contributed by atoms with van der Waals surface area (Å²) >= 11 is 0. The van der Waals surface area contributed by atoms with Crippen molar-refractivity contribution >= 4 is 5.57 Å². The van der Waals surface area contributed by atoms with Crippen molar-refractivity contribution in [3.05, 3.63) is 47.7 Å². The number of rotatable bonds is 2. The first-order chi connectivity index (χ1) is 6.15. The Hall–Kier alpha value is -1.26. The molecule has 0 atom stereocenters. The SMILES string of the molecule is C=C=C(c1cccc(C)c1)C(C)C. The van der Waals surface area contributed by atoms with E-state index in [2.05, 4.69) is 57.3 Å². The Morgan fingerprint density at radius 3 is 2.54 bits per heavy atom. The zero-order valence-electron chi connectivity index (χ0n) is 8.59. The van der Waals surface area contributed by atoms with Crippen molar-refractivity contribution in [3.63, 3.8) is 0 Å². The van der Waals surface area contributed by atoms with Gasteiger partial charge in [0.25, 0.3) is 0 Å². The lowest BCUT2D eigenvalue weighted by Crippen LogP contribution is -1.92. The van der Waals surface area contributed by atoms with E-state index < -0.39 is 0 Å². The maximum Gasteiger partial charge on any atom is 0.00314 e. The summed E-state index contributed by atoms with van der Waals surface area (Å²) in [7, 11) is 0. The molecular formula is C13H16. The summed E-state index contributed by atoms with van der Waals surface area (Å²) < 4.78 is 0. The predicted octanol–water partition coefficient (Wildman–Crippen LogP) is 3.82. The van der Waals surface area contributed by atoms with Gasteiger partial charge in [-0.1, -0.05) is 50.3 Å². The molecule has 0 saturated carbocycles. The lowest BCUT2D eigenvalue weighted by atomic mass is 9.95. The molecule has 0 bridgehead atoms.